The molecule has 31 heavy (non-hydrogen) atoms. The van der Waals surface area contributed by atoms with Gasteiger partial charge in [-0.2, -0.15) is 0 Å². The number of pyridine rings is 1. The summed E-state index contributed by atoms with van der Waals surface area (Å²) in [5.41, 5.74) is 2.74. The van der Waals surface area contributed by atoms with Crippen LogP contribution in [0.25, 0.3) is 21.9 Å². The maximum Gasteiger partial charge on any atom is 0.213 e. The van der Waals surface area contributed by atoms with E-state index in [4.69, 9.17) is 0 Å². The molecule has 0 spiro atoms. The van der Waals surface area contributed by atoms with Crippen molar-refractivity contribution < 1.29 is 17.9 Å². The summed E-state index contributed by atoms with van der Waals surface area (Å²) in [6.45, 7) is 2.32. The molecular weight excluding hydrogens is 417 g/mol. The number of anilines is 1. The van der Waals surface area contributed by atoms with Gasteiger partial charge in [0.2, 0.25) is 10.0 Å². The van der Waals surface area contributed by atoms with Gasteiger partial charge >= 0.3 is 0 Å². The van der Waals surface area contributed by atoms with Gasteiger partial charge in [0.1, 0.15) is 5.82 Å². The highest BCUT2D eigenvalue weighted by atomic mass is 32.2. The number of rotatable bonds is 6. The molecule has 2 heterocycles. The highest BCUT2D eigenvalue weighted by Gasteiger charge is 2.27. The summed E-state index contributed by atoms with van der Waals surface area (Å²) in [6, 6.07) is 10.9. The van der Waals surface area contributed by atoms with Crippen molar-refractivity contribution in [2.24, 2.45) is 0 Å². The van der Waals surface area contributed by atoms with E-state index in [0.29, 0.717) is 25.9 Å². The van der Waals surface area contributed by atoms with E-state index in [1.54, 1.807) is 35.8 Å². The maximum atomic E-state index is 14.2. The first-order valence-electron chi connectivity index (χ1n) is 10.4. The molecule has 2 N–H and O–H groups in total. The zero-order chi connectivity index (χ0) is 22.0. The molecule has 0 atom stereocenters. The van der Waals surface area contributed by atoms with Crippen LogP contribution in [0.15, 0.2) is 48.8 Å². The first-order chi connectivity index (χ1) is 14.9. The number of hydrogen-bond acceptors (Lipinski definition) is 5. The number of nitrogens with one attached hydrogen (secondary N) is 1. The van der Waals surface area contributed by atoms with Crippen LogP contribution in [-0.4, -0.2) is 47.7 Å². The van der Waals surface area contributed by atoms with E-state index in [-0.39, 0.29) is 24.0 Å². The fourth-order valence-corrected chi connectivity index (χ4v) is 5.15. The van der Waals surface area contributed by atoms with Gasteiger partial charge in [0.15, 0.2) is 0 Å². The average molecular weight is 444 g/mol. The van der Waals surface area contributed by atoms with E-state index >= 15 is 0 Å². The van der Waals surface area contributed by atoms with Crippen molar-refractivity contribution in [3.63, 3.8) is 0 Å². The minimum atomic E-state index is -3.16. The van der Waals surface area contributed by atoms with Crippen LogP contribution in [0.3, 0.4) is 0 Å². The number of halogens is 1. The van der Waals surface area contributed by atoms with Crippen molar-refractivity contribution in [3.05, 3.63) is 60.2 Å². The Labute approximate surface area is 181 Å². The SMILES string of the molecule is CCS(=O)(=O)N1CCC(Nc2cc(-c3ccc(CO)c(F)c3)cc3ccncc23)CC1. The summed E-state index contributed by atoms with van der Waals surface area (Å²) in [4.78, 5) is 4.25. The predicted octanol–water partition coefficient (Wildman–Crippen LogP) is 3.76. The first-order valence-corrected chi connectivity index (χ1v) is 12.0. The third-order valence-corrected chi connectivity index (χ3v) is 7.77. The zero-order valence-electron chi connectivity index (χ0n) is 17.4. The highest BCUT2D eigenvalue weighted by molar-refractivity contribution is 7.89. The number of aliphatic hydroxyl groups is 1. The Bertz CT molecular complexity index is 1190. The molecule has 1 fully saturated rings. The molecule has 6 nitrogen and oxygen atoms in total. The fraction of sp³-hybridized carbons (Fsp3) is 0.348. The van der Waals surface area contributed by atoms with Gasteiger partial charge in [-0.1, -0.05) is 12.1 Å². The number of piperidine rings is 1. The van der Waals surface area contributed by atoms with Crippen LogP contribution >= 0.6 is 0 Å². The second kappa shape index (κ2) is 8.90. The molecule has 0 radical (unpaired) electrons. The van der Waals surface area contributed by atoms with Crippen molar-refractivity contribution in [2.75, 3.05) is 24.2 Å². The van der Waals surface area contributed by atoms with E-state index in [2.05, 4.69) is 10.3 Å². The van der Waals surface area contributed by atoms with Crippen LogP contribution in [0.1, 0.15) is 25.3 Å². The van der Waals surface area contributed by atoms with Gasteiger partial charge in [-0.15, -0.1) is 0 Å². The Balaban J connectivity index is 1.63. The van der Waals surface area contributed by atoms with E-state index in [0.717, 1.165) is 27.6 Å². The summed E-state index contributed by atoms with van der Waals surface area (Å²) in [6.07, 6.45) is 4.95. The molecule has 0 aliphatic carbocycles. The minimum Gasteiger partial charge on any atom is -0.392 e. The largest absolute Gasteiger partial charge is 0.392 e. The van der Waals surface area contributed by atoms with Crippen LogP contribution in [0.4, 0.5) is 10.1 Å². The van der Waals surface area contributed by atoms with Crippen LogP contribution in [-0.2, 0) is 16.6 Å². The lowest BCUT2D eigenvalue weighted by molar-refractivity contribution is 0.276. The number of hydrogen-bond donors (Lipinski definition) is 2. The number of sulfonamides is 1. The number of benzene rings is 2. The molecule has 1 aromatic heterocycles. The summed E-state index contributed by atoms with van der Waals surface area (Å²) >= 11 is 0. The molecule has 0 bridgehead atoms. The molecule has 1 aliphatic heterocycles. The molecule has 3 aromatic rings. The van der Waals surface area contributed by atoms with Crippen LogP contribution < -0.4 is 5.32 Å². The smallest absolute Gasteiger partial charge is 0.213 e. The number of fused-ring (bicyclic) bond motifs is 1. The topological polar surface area (TPSA) is 82.5 Å². The first kappa shape index (κ1) is 21.7. The number of aliphatic hydroxyl groups excluding tert-OH is 1. The molecule has 2 aromatic carbocycles. The van der Waals surface area contributed by atoms with Crippen LogP contribution in [0.5, 0.6) is 0 Å². The Morgan fingerprint density at radius 1 is 1.16 bits per heavy atom. The standard InChI is InChI=1S/C23H26FN3O3S/c1-2-31(29,30)27-9-6-20(7-10-27)26-23-13-19(11-17-5-8-25-14-21(17)23)16-3-4-18(15-28)22(24)12-16/h3-5,8,11-14,20,26,28H,2,6-7,9-10,15H2,1H3. The van der Waals surface area contributed by atoms with Crippen LogP contribution in [0.2, 0.25) is 0 Å². The van der Waals surface area contributed by atoms with Crippen molar-refractivity contribution >= 4 is 26.5 Å². The van der Waals surface area contributed by atoms with Gasteiger partial charge in [-0.25, -0.2) is 17.1 Å². The van der Waals surface area contributed by atoms with Gasteiger partial charge in [0, 0.05) is 48.2 Å². The van der Waals surface area contributed by atoms with E-state index in [1.165, 1.54) is 6.07 Å². The predicted molar refractivity (Wildman–Crippen MR) is 121 cm³/mol. The van der Waals surface area contributed by atoms with Gasteiger partial charge in [-0.05, 0) is 60.5 Å². The summed E-state index contributed by atoms with van der Waals surface area (Å²) in [5, 5.41) is 14.7. The third kappa shape index (κ3) is 4.56. The third-order valence-electron chi connectivity index (χ3n) is 5.88. The lowest BCUT2D eigenvalue weighted by Crippen LogP contribution is -2.42. The Morgan fingerprint density at radius 3 is 2.61 bits per heavy atom. The highest BCUT2D eigenvalue weighted by Crippen LogP contribution is 2.33. The lowest BCUT2D eigenvalue weighted by Gasteiger charge is -2.32. The second-order valence-electron chi connectivity index (χ2n) is 7.80. The van der Waals surface area contributed by atoms with Crippen LogP contribution in [0, 0.1) is 5.82 Å². The van der Waals surface area contributed by atoms with Gasteiger partial charge in [0.25, 0.3) is 0 Å². The van der Waals surface area contributed by atoms with Crippen molar-refractivity contribution in [1.82, 2.24) is 9.29 Å². The maximum absolute atomic E-state index is 14.2. The Morgan fingerprint density at radius 2 is 1.94 bits per heavy atom. The molecule has 8 heteroatoms. The fourth-order valence-electron chi connectivity index (χ4n) is 4.02. The minimum absolute atomic E-state index is 0.120. The normalized spacial score (nSPS) is 16.0. The summed E-state index contributed by atoms with van der Waals surface area (Å²) in [7, 11) is -3.16. The molecule has 0 amide bonds. The average Bonchev–Trinajstić information content (AvgIpc) is 2.79. The van der Waals surface area contributed by atoms with Gasteiger partial charge < -0.3 is 10.4 Å². The Kier molecular flexibility index (Phi) is 6.22. The van der Waals surface area contributed by atoms with Crippen molar-refractivity contribution in [1.29, 1.82) is 0 Å². The van der Waals surface area contributed by atoms with E-state index in [9.17, 15) is 17.9 Å². The molecule has 0 unspecified atom stereocenters. The number of aromatic nitrogens is 1. The van der Waals surface area contributed by atoms with Gasteiger partial charge in [0.05, 0.1) is 12.4 Å². The van der Waals surface area contributed by atoms with E-state index in [1.807, 2.05) is 18.2 Å². The zero-order valence-corrected chi connectivity index (χ0v) is 18.2. The second-order valence-corrected chi connectivity index (χ2v) is 10.1. The summed E-state index contributed by atoms with van der Waals surface area (Å²) in [5.74, 6) is -0.316. The monoisotopic (exact) mass is 443 g/mol. The Hall–Kier alpha value is -2.55. The van der Waals surface area contributed by atoms with Crippen molar-refractivity contribution in [2.45, 2.75) is 32.4 Å². The quantitative estimate of drug-likeness (QED) is 0.606. The summed E-state index contributed by atoms with van der Waals surface area (Å²) < 4.78 is 40.0. The van der Waals surface area contributed by atoms with E-state index < -0.39 is 15.8 Å². The molecule has 1 aliphatic rings. The molecule has 1 saturated heterocycles. The molecule has 164 valence electrons. The molecular formula is C23H26FN3O3S. The van der Waals surface area contributed by atoms with Gasteiger partial charge in [-0.3, -0.25) is 4.98 Å². The lowest BCUT2D eigenvalue weighted by atomic mass is 9.98. The molecule has 4 rings (SSSR count). The number of nitrogens with zero attached hydrogens (tertiary/aromatic N) is 2. The van der Waals surface area contributed by atoms with Crippen molar-refractivity contribution in [3.8, 4) is 11.1 Å². The molecule has 0 saturated carbocycles.